The number of ether oxygens (including phenoxy) is 2. The third-order valence-corrected chi connectivity index (χ3v) is 6.75. The lowest BCUT2D eigenvalue weighted by Gasteiger charge is -2.34. The molecule has 1 unspecified atom stereocenters. The molecular weight excluding hydrogens is 502 g/mol. The zero-order valence-corrected chi connectivity index (χ0v) is 21.6. The van der Waals surface area contributed by atoms with Gasteiger partial charge in [-0.1, -0.05) is 24.3 Å². The molecule has 10 heteroatoms. The van der Waals surface area contributed by atoms with Gasteiger partial charge >= 0.3 is 12.1 Å². The van der Waals surface area contributed by atoms with Gasteiger partial charge in [-0.25, -0.2) is 9.69 Å². The van der Waals surface area contributed by atoms with Gasteiger partial charge in [0.05, 0.1) is 18.7 Å². The summed E-state index contributed by atoms with van der Waals surface area (Å²) in [4.78, 5) is 30.6. The quantitative estimate of drug-likeness (QED) is 0.215. The second-order valence-electron chi connectivity index (χ2n) is 9.45. The van der Waals surface area contributed by atoms with E-state index >= 15 is 0 Å². The average molecular weight is 532 g/mol. The van der Waals surface area contributed by atoms with E-state index in [1.165, 1.54) is 36.3 Å². The van der Waals surface area contributed by atoms with E-state index in [1.54, 1.807) is 12.1 Å². The van der Waals surface area contributed by atoms with Crippen molar-refractivity contribution in [3.05, 3.63) is 83.4 Å². The Balaban J connectivity index is 1.26. The molecule has 1 saturated heterocycles. The van der Waals surface area contributed by atoms with Gasteiger partial charge in [0, 0.05) is 18.7 Å². The van der Waals surface area contributed by atoms with Crippen LogP contribution < -0.4 is 10.1 Å². The topological polar surface area (TPSA) is 134 Å². The van der Waals surface area contributed by atoms with E-state index in [4.69, 9.17) is 9.15 Å². The summed E-state index contributed by atoms with van der Waals surface area (Å²) in [5.41, 5.74) is 4.15. The minimum absolute atomic E-state index is 0.0717. The van der Waals surface area contributed by atoms with Gasteiger partial charge in [0.2, 0.25) is 0 Å². The van der Waals surface area contributed by atoms with Gasteiger partial charge in [0.1, 0.15) is 11.3 Å². The van der Waals surface area contributed by atoms with Crippen molar-refractivity contribution < 1.29 is 33.7 Å². The second kappa shape index (κ2) is 10.9. The molecule has 0 saturated carbocycles. The zero-order chi connectivity index (χ0) is 27.6. The van der Waals surface area contributed by atoms with Crippen LogP contribution in [0.5, 0.6) is 5.75 Å². The first-order chi connectivity index (χ1) is 18.7. The number of rotatable bonds is 9. The van der Waals surface area contributed by atoms with E-state index in [9.17, 15) is 19.8 Å². The minimum Gasteiger partial charge on any atom is -0.465 e. The van der Waals surface area contributed by atoms with Gasteiger partial charge < -0.3 is 29.4 Å². The Morgan fingerprint density at radius 2 is 1.90 bits per heavy atom. The van der Waals surface area contributed by atoms with Crippen molar-refractivity contribution in [2.45, 2.75) is 38.3 Å². The number of fused-ring (bicyclic) bond motifs is 1. The van der Waals surface area contributed by atoms with Crippen LogP contribution >= 0.6 is 0 Å². The molecule has 0 radical (unpaired) electrons. The fourth-order valence-electron chi connectivity index (χ4n) is 4.72. The number of carbonyl (C=O) groups excluding carboxylic acids is 2. The molecule has 0 bridgehead atoms. The number of para-hydroxylation sites is 1. The molecule has 0 spiro atoms. The number of benzene rings is 3. The fraction of sp³-hybridized carbons (Fsp3) is 0.276. The van der Waals surface area contributed by atoms with Gasteiger partial charge in [0.25, 0.3) is 6.01 Å². The minimum atomic E-state index is -2.71. The maximum atomic E-state index is 13.3. The van der Waals surface area contributed by atoms with Crippen LogP contribution in [0.4, 0.5) is 11.7 Å². The van der Waals surface area contributed by atoms with Crippen LogP contribution in [0.25, 0.3) is 11.1 Å². The Morgan fingerprint density at radius 1 is 1.13 bits per heavy atom. The molecule has 0 amide bonds. The standard InChI is InChI=1S/C29H29N3O7/c1-18-6-3-4-7-22(18)30-28-31-23-14-9-19(17-26(23)38-28)16-25(33)24-8-5-15-32(24)29(35,36)39-21-12-10-20(11-13-21)27(34)37-2/h3-4,6-7,9-14,17,24,35-36H,5,8,15-16H2,1-2H3,(H,30,31). The Labute approximate surface area is 224 Å². The summed E-state index contributed by atoms with van der Waals surface area (Å²) in [5, 5.41) is 24.7. The Kier molecular flexibility index (Phi) is 7.34. The zero-order valence-electron chi connectivity index (χ0n) is 21.6. The first-order valence-corrected chi connectivity index (χ1v) is 12.6. The van der Waals surface area contributed by atoms with E-state index in [2.05, 4.69) is 15.0 Å². The number of esters is 1. The number of nitrogens with one attached hydrogen (secondary N) is 1. The first-order valence-electron chi connectivity index (χ1n) is 12.6. The number of Topliss-reactive ketones (excluding diaryl/α,β-unsaturated/α-hetero) is 1. The molecule has 39 heavy (non-hydrogen) atoms. The van der Waals surface area contributed by atoms with E-state index in [0.717, 1.165) is 16.8 Å². The molecular formula is C29H29N3O7. The monoisotopic (exact) mass is 531 g/mol. The molecule has 5 rings (SSSR count). The van der Waals surface area contributed by atoms with Gasteiger partial charge in [-0.15, -0.1) is 0 Å². The summed E-state index contributed by atoms with van der Waals surface area (Å²) in [5.74, 6) is -0.577. The average Bonchev–Trinajstić information content (AvgIpc) is 3.57. The summed E-state index contributed by atoms with van der Waals surface area (Å²) in [6.07, 6.45) is -1.59. The Hall–Kier alpha value is -4.25. The second-order valence-corrected chi connectivity index (χ2v) is 9.45. The Bertz CT molecular complexity index is 1500. The van der Waals surface area contributed by atoms with Crippen LogP contribution in [0.15, 0.2) is 71.1 Å². The predicted molar refractivity (Wildman–Crippen MR) is 142 cm³/mol. The number of likely N-dealkylation sites (tertiary alicyclic amines) is 1. The van der Waals surface area contributed by atoms with Crippen LogP contribution in [-0.4, -0.2) is 57.6 Å². The number of carbonyl (C=O) groups is 2. The number of methoxy groups -OCH3 is 1. The van der Waals surface area contributed by atoms with Crippen molar-refractivity contribution in [1.82, 2.24) is 9.88 Å². The van der Waals surface area contributed by atoms with Crippen LogP contribution in [0.2, 0.25) is 0 Å². The molecule has 0 aliphatic carbocycles. The third-order valence-electron chi connectivity index (χ3n) is 6.75. The summed E-state index contributed by atoms with van der Waals surface area (Å²) in [7, 11) is 1.27. The number of hydrogen-bond donors (Lipinski definition) is 3. The lowest BCUT2D eigenvalue weighted by Crippen LogP contribution is -2.57. The summed E-state index contributed by atoms with van der Waals surface area (Å²) in [6.45, 7) is 2.25. The molecule has 3 N–H and O–H groups in total. The molecule has 1 fully saturated rings. The van der Waals surface area contributed by atoms with Crippen LogP contribution in [-0.2, 0) is 16.0 Å². The van der Waals surface area contributed by atoms with Gasteiger partial charge in [-0.2, -0.15) is 4.98 Å². The van der Waals surface area contributed by atoms with Crippen molar-refractivity contribution >= 4 is 34.6 Å². The highest BCUT2D eigenvalue weighted by atomic mass is 16.8. The molecule has 10 nitrogen and oxygen atoms in total. The normalized spacial score (nSPS) is 15.8. The maximum absolute atomic E-state index is 13.3. The highest BCUT2D eigenvalue weighted by Crippen LogP contribution is 2.29. The van der Waals surface area contributed by atoms with Crippen molar-refractivity contribution in [2.75, 3.05) is 19.0 Å². The number of ketones is 1. The van der Waals surface area contributed by atoms with E-state index in [-0.39, 0.29) is 24.5 Å². The van der Waals surface area contributed by atoms with E-state index in [1.807, 2.05) is 37.3 Å². The summed E-state index contributed by atoms with van der Waals surface area (Å²) >= 11 is 0. The predicted octanol–water partition coefficient (Wildman–Crippen LogP) is 3.92. The van der Waals surface area contributed by atoms with Crippen LogP contribution in [0.3, 0.4) is 0 Å². The first kappa shape index (κ1) is 26.4. The number of oxazole rings is 1. The van der Waals surface area contributed by atoms with E-state index in [0.29, 0.717) is 35.5 Å². The maximum Gasteiger partial charge on any atom is 0.395 e. The summed E-state index contributed by atoms with van der Waals surface area (Å²) < 4.78 is 15.9. The number of nitrogens with zero attached hydrogens (tertiary/aromatic N) is 2. The van der Waals surface area contributed by atoms with Crippen LogP contribution in [0, 0.1) is 6.92 Å². The number of anilines is 2. The summed E-state index contributed by atoms with van der Waals surface area (Å²) in [6, 6.07) is 18.5. The largest absolute Gasteiger partial charge is 0.465 e. The number of hydrogen-bond acceptors (Lipinski definition) is 10. The molecule has 3 aromatic carbocycles. The number of aryl methyl sites for hydroxylation is 1. The Morgan fingerprint density at radius 3 is 2.64 bits per heavy atom. The smallest absolute Gasteiger partial charge is 0.395 e. The fourth-order valence-corrected chi connectivity index (χ4v) is 4.72. The SMILES string of the molecule is COC(=O)c1ccc(OC(O)(O)N2CCCC2C(=O)Cc2ccc3nc(Nc4ccccc4C)oc3c2)cc1. The third kappa shape index (κ3) is 5.78. The van der Waals surface area contributed by atoms with Crippen molar-refractivity contribution in [3.8, 4) is 5.75 Å². The van der Waals surface area contributed by atoms with Crippen molar-refractivity contribution in [3.63, 3.8) is 0 Å². The van der Waals surface area contributed by atoms with Crippen molar-refractivity contribution in [2.24, 2.45) is 0 Å². The number of aromatic nitrogens is 1. The van der Waals surface area contributed by atoms with Crippen LogP contribution in [0.1, 0.15) is 34.3 Å². The molecule has 202 valence electrons. The highest BCUT2D eigenvalue weighted by molar-refractivity contribution is 5.89. The van der Waals surface area contributed by atoms with E-state index < -0.39 is 18.1 Å². The molecule has 4 aromatic rings. The van der Waals surface area contributed by atoms with Gasteiger partial charge in [-0.05, 0) is 73.4 Å². The lowest BCUT2D eigenvalue weighted by atomic mass is 10.0. The molecule has 1 atom stereocenters. The van der Waals surface area contributed by atoms with Gasteiger partial charge in [-0.3, -0.25) is 4.79 Å². The molecule has 1 aromatic heterocycles. The molecule has 1 aliphatic rings. The molecule has 2 heterocycles. The number of aliphatic hydroxyl groups is 2. The highest BCUT2D eigenvalue weighted by Gasteiger charge is 2.45. The van der Waals surface area contributed by atoms with Gasteiger partial charge in [0.15, 0.2) is 11.4 Å². The van der Waals surface area contributed by atoms with Crippen molar-refractivity contribution in [1.29, 1.82) is 0 Å². The molecule has 1 aliphatic heterocycles. The lowest BCUT2D eigenvalue weighted by molar-refractivity contribution is -0.376.